The van der Waals surface area contributed by atoms with Crippen molar-refractivity contribution in [3.05, 3.63) is 155 Å². The number of benzene rings is 4. The molecular formula is C45H48O9Si. The molecule has 0 aliphatic heterocycles. The van der Waals surface area contributed by atoms with Crippen molar-refractivity contribution in [3.8, 4) is 22.6 Å². The zero-order chi connectivity index (χ0) is 39.6. The lowest BCUT2D eigenvalue weighted by molar-refractivity contribution is 0.0651. The summed E-state index contributed by atoms with van der Waals surface area (Å²) in [5, 5.41) is 20.5. The molecule has 286 valence electrons. The number of hydrogen-bond donors (Lipinski definition) is 2. The van der Waals surface area contributed by atoms with E-state index in [4.69, 9.17) is 32.9 Å². The number of carboxylic acid groups (broad SMARTS) is 2. The molecular weight excluding hydrogens is 713 g/mol. The first-order valence-corrected chi connectivity index (χ1v) is 20.0. The van der Waals surface area contributed by atoms with Gasteiger partial charge in [-0.1, -0.05) is 106 Å². The Morgan fingerprint density at radius 2 is 1.04 bits per heavy atom. The van der Waals surface area contributed by atoms with Crippen LogP contribution in [0.2, 0.25) is 5.04 Å². The second-order valence-electron chi connectivity index (χ2n) is 14.1. The molecule has 0 atom stereocenters. The minimum absolute atomic E-state index is 0.0250. The fourth-order valence-electron chi connectivity index (χ4n) is 6.63. The van der Waals surface area contributed by atoms with Crippen LogP contribution in [0, 0.1) is 13.8 Å². The first-order valence-electron chi connectivity index (χ1n) is 18.1. The van der Waals surface area contributed by atoms with Crippen molar-refractivity contribution in [1.82, 2.24) is 0 Å². The Labute approximate surface area is 323 Å². The van der Waals surface area contributed by atoms with Gasteiger partial charge in [-0.3, -0.25) is 0 Å². The largest absolute Gasteiger partial charge is 0.497 e. The fraction of sp³-hybridized carbons (Fsp3) is 0.244. The molecule has 0 unspecified atom stereocenters. The highest BCUT2D eigenvalue weighted by atomic mass is 28.4. The molecule has 2 aromatic heterocycles. The number of hydrogen-bond acceptors (Lipinski definition) is 7. The van der Waals surface area contributed by atoms with Crippen LogP contribution in [0.4, 0.5) is 0 Å². The van der Waals surface area contributed by atoms with E-state index in [0.717, 1.165) is 33.8 Å². The lowest BCUT2D eigenvalue weighted by Crippen LogP contribution is -2.66. The summed E-state index contributed by atoms with van der Waals surface area (Å²) in [4.78, 5) is 22.1. The average Bonchev–Trinajstić information content (AvgIpc) is 3.75. The molecule has 0 fully saturated rings. The third-order valence-corrected chi connectivity index (χ3v) is 14.5. The number of ether oxygens (including phenoxy) is 2. The van der Waals surface area contributed by atoms with Crippen molar-refractivity contribution in [2.24, 2.45) is 0 Å². The van der Waals surface area contributed by atoms with E-state index >= 15 is 0 Å². The summed E-state index contributed by atoms with van der Waals surface area (Å²) in [5.74, 6) is 0.663. The normalized spacial score (nSPS) is 11.4. The summed E-state index contributed by atoms with van der Waals surface area (Å²) in [6.07, 6.45) is 1.19. The monoisotopic (exact) mass is 760 g/mol. The summed E-state index contributed by atoms with van der Waals surface area (Å²) < 4.78 is 28.3. The molecule has 9 nitrogen and oxygen atoms in total. The van der Waals surface area contributed by atoms with Crippen molar-refractivity contribution in [3.63, 3.8) is 0 Å². The minimum Gasteiger partial charge on any atom is -0.497 e. The summed E-state index contributed by atoms with van der Waals surface area (Å²) >= 11 is 0. The summed E-state index contributed by atoms with van der Waals surface area (Å²) in [6.45, 7) is 11.2. The van der Waals surface area contributed by atoms with Crippen LogP contribution in [0.1, 0.15) is 64.5 Å². The topological polar surface area (TPSA) is 129 Å². The van der Waals surface area contributed by atoms with Gasteiger partial charge in [0.15, 0.2) is 0 Å². The zero-order valence-corrected chi connectivity index (χ0v) is 33.1. The third kappa shape index (κ3) is 9.83. The highest BCUT2D eigenvalue weighted by molar-refractivity contribution is 6.99. The Bertz CT molecular complexity index is 2110. The number of furan rings is 2. The van der Waals surface area contributed by atoms with E-state index in [9.17, 15) is 9.59 Å². The van der Waals surface area contributed by atoms with Crippen LogP contribution < -0.4 is 19.8 Å². The standard InChI is InChI=1S/C24H28O4Si.C21H20O5/c1-18-19(17-22(28-18)23(25)26)15-16-27-29(24(2,3)4,20-11-7-5-8-12-20)21-13-9-6-10-14-21;1-14-17(13-20(26-14)21(22)23)11-12-25-19-9-5-16(6-10-19)15-3-7-18(24-2)8-4-15/h5-14,17H,15-16H2,1-4H3,(H,25,26);3-10,13H,11-12H2,1-2H3,(H,22,23). The van der Waals surface area contributed by atoms with Gasteiger partial charge in [-0.15, -0.1) is 0 Å². The van der Waals surface area contributed by atoms with Crippen molar-refractivity contribution in [2.45, 2.75) is 52.5 Å². The molecule has 0 bridgehead atoms. The molecule has 6 aromatic rings. The van der Waals surface area contributed by atoms with Gasteiger partial charge in [0.2, 0.25) is 11.5 Å². The van der Waals surface area contributed by atoms with Crippen LogP contribution in [0.25, 0.3) is 11.1 Å². The van der Waals surface area contributed by atoms with Gasteiger partial charge >= 0.3 is 11.9 Å². The molecule has 0 spiro atoms. The van der Waals surface area contributed by atoms with Gasteiger partial charge < -0.3 is 32.9 Å². The van der Waals surface area contributed by atoms with Crippen LogP contribution in [-0.4, -0.2) is 50.8 Å². The average molecular weight is 761 g/mol. The van der Waals surface area contributed by atoms with Crippen molar-refractivity contribution in [2.75, 3.05) is 20.3 Å². The molecule has 10 heteroatoms. The van der Waals surface area contributed by atoms with Crippen LogP contribution >= 0.6 is 0 Å². The molecule has 0 aliphatic rings. The van der Waals surface area contributed by atoms with Crippen LogP contribution in [0.15, 0.2) is 130 Å². The second kappa shape index (κ2) is 18.0. The molecule has 0 radical (unpaired) electrons. The van der Waals surface area contributed by atoms with Gasteiger partial charge in [-0.25, -0.2) is 9.59 Å². The zero-order valence-electron chi connectivity index (χ0n) is 32.1. The van der Waals surface area contributed by atoms with Crippen LogP contribution in [0.3, 0.4) is 0 Å². The molecule has 2 heterocycles. The van der Waals surface area contributed by atoms with Gasteiger partial charge in [0.05, 0.1) is 13.7 Å². The Balaban J connectivity index is 0.000000212. The molecule has 55 heavy (non-hydrogen) atoms. The van der Waals surface area contributed by atoms with E-state index < -0.39 is 20.3 Å². The molecule has 2 N–H and O–H groups in total. The predicted molar refractivity (Wildman–Crippen MR) is 216 cm³/mol. The Hall–Kier alpha value is -5.84. The summed E-state index contributed by atoms with van der Waals surface area (Å²) in [6, 6.07) is 39.8. The Morgan fingerprint density at radius 1 is 0.618 bits per heavy atom. The maximum absolute atomic E-state index is 11.2. The highest BCUT2D eigenvalue weighted by Crippen LogP contribution is 2.37. The molecule has 0 amide bonds. The van der Waals surface area contributed by atoms with E-state index in [0.29, 0.717) is 37.6 Å². The Morgan fingerprint density at radius 3 is 1.42 bits per heavy atom. The minimum atomic E-state index is -2.58. The van der Waals surface area contributed by atoms with Crippen molar-refractivity contribution >= 4 is 30.6 Å². The van der Waals surface area contributed by atoms with Crippen molar-refractivity contribution < 1.29 is 42.5 Å². The van der Waals surface area contributed by atoms with E-state index in [1.54, 1.807) is 33.1 Å². The lowest BCUT2D eigenvalue weighted by Gasteiger charge is -2.43. The van der Waals surface area contributed by atoms with Gasteiger partial charge in [-0.05, 0) is 94.3 Å². The molecule has 0 aliphatic carbocycles. The van der Waals surface area contributed by atoms with Gasteiger partial charge in [0, 0.05) is 13.0 Å². The Kier molecular flexibility index (Phi) is 13.2. The number of rotatable bonds is 14. The maximum atomic E-state index is 11.2. The number of aryl methyl sites for hydroxylation is 2. The van der Waals surface area contributed by atoms with Gasteiger partial charge in [-0.2, -0.15) is 0 Å². The van der Waals surface area contributed by atoms with Gasteiger partial charge in [0.1, 0.15) is 23.0 Å². The first kappa shape index (κ1) is 40.3. The smallest absolute Gasteiger partial charge is 0.371 e. The summed E-state index contributed by atoms with van der Waals surface area (Å²) in [7, 11) is -0.935. The van der Waals surface area contributed by atoms with E-state index in [1.807, 2.05) is 60.7 Å². The maximum Gasteiger partial charge on any atom is 0.371 e. The SMILES string of the molecule is COc1ccc(-c2ccc(OCCc3cc(C(=O)O)oc3C)cc2)cc1.Cc1oc(C(=O)O)cc1CCO[Si](c1ccccc1)(c1ccccc1)C(C)(C)C. The summed E-state index contributed by atoms with van der Waals surface area (Å²) in [5.41, 5.74) is 3.92. The molecule has 0 saturated heterocycles. The van der Waals surface area contributed by atoms with Crippen LogP contribution in [-0.2, 0) is 17.3 Å². The first-order chi connectivity index (χ1) is 26.3. The number of carboxylic acids is 2. The van der Waals surface area contributed by atoms with Crippen LogP contribution in [0.5, 0.6) is 11.5 Å². The van der Waals surface area contributed by atoms with Crippen molar-refractivity contribution in [1.29, 1.82) is 0 Å². The molecule has 0 saturated carbocycles. The molecule has 6 rings (SSSR count). The molecule has 4 aromatic carbocycles. The van der Waals surface area contributed by atoms with E-state index in [1.165, 1.54) is 10.4 Å². The predicted octanol–water partition coefficient (Wildman–Crippen LogP) is 8.99. The lowest BCUT2D eigenvalue weighted by atomic mass is 10.1. The quantitative estimate of drug-likeness (QED) is 0.105. The number of methoxy groups -OCH3 is 1. The van der Waals surface area contributed by atoms with E-state index in [-0.39, 0.29) is 16.6 Å². The van der Waals surface area contributed by atoms with Gasteiger partial charge in [0.25, 0.3) is 8.32 Å². The fourth-order valence-corrected chi connectivity index (χ4v) is 11.2. The number of carbonyl (C=O) groups is 2. The second-order valence-corrected chi connectivity index (χ2v) is 18.4. The highest BCUT2D eigenvalue weighted by Gasteiger charge is 2.50. The van der Waals surface area contributed by atoms with E-state index in [2.05, 4.69) is 69.3 Å². The number of aromatic carboxylic acids is 2. The third-order valence-electron chi connectivity index (χ3n) is 9.49.